The Morgan fingerprint density at radius 1 is 0.933 bits per heavy atom. The van der Waals surface area contributed by atoms with Crippen molar-refractivity contribution in [3.63, 3.8) is 0 Å². The maximum Gasteiger partial charge on any atom is 0.358 e. The fraction of sp³-hybridized carbons (Fsp3) is 0.636. The Balaban J connectivity index is 1.57. The van der Waals surface area contributed by atoms with Crippen LogP contribution in [0.15, 0.2) is 24.5 Å². The molecule has 2 nitrogen and oxygen atoms in total. The first-order chi connectivity index (χ1) is 14.2. The molecule has 0 amide bonds. The molecule has 2 aliphatic carbocycles. The van der Waals surface area contributed by atoms with Crippen LogP contribution >= 0.6 is 0 Å². The monoisotopic (exact) mass is 436 g/mol. The van der Waals surface area contributed by atoms with Crippen molar-refractivity contribution in [3.05, 3.63) is 41.7 Å². The van der Waals surface area contributed by atoms with Crippen molar-refractivity contribution < 1.29 is 35.8 Å². The SMILES string of the molecule is CC1CCC(C(F)(F)OC2CCC(c3cc(F)c(OC=C(F)F)c(F)c3)CC2)CC1. The topological polar surface area (TPSA) is 18.5 Å². The van der Waals surface area contributed by atoms with E-state index in [0.29, 0.717) is 50.0 Å². The maximum absolute atomic E-state index is 14.5. The lowest BCUT2D eigenvalue weighted by molar-refractivity contribution is -0.301. The lowest BCUT2D eigenvalue weighted by Gasteiger charge is -2.36. The zero-order valence-corrected chi connectivity index (χ0v) is 16.8. The zero-order valence-electron chi connectivity index (χ0n) is 16.8. The molecule has 168 valence electrons. The molecule has 1 aromatic carbocycles. The van der Waals surface area contributed by atoms with Crippen LogP contribution in [0, 0.1) is 23.5 Å². The summed E-state index contributed by atoms with van der Waals surface area (Å²) in [5.41, 5.74) is 0.355. The molecule has 8 heteroatoms. The molecule has 2 fully saturated rings. The van der Waals surface area contributed by atoms with Gasteiger partial charge in [-0.15, -0.1) is 0 Å². The molecule has 30 heavy (non-hydrogen) atoms. The summed E-state index contributed by atoms with van der Waals surface area (Å²) in [4.78, 5) is 0. The Morgan fingerprint density at radius 2 is 1.50 bits per heavy atom. The van der Waals surface area contributed by atoms with Crippen molar-refractivity contribution in [2.24, 2.45) is 11.8 Å². The average molecular weight is 436 g/mol. The fourth-order valence-corrected chi connectivity index (χ4v) is 4.46. The van der Waals surface area contributed by atoms with E-state index >= 15 is 0 Å². The van der Waals surface area contributed by atoms with Gasteiger partial charge in [0, 0.05) is 0 Å². The van der Waals surface area contributed by atoms with Gasteiger partial charge in [0.05, 0.1) is 12.0 Å². The standard InChI is InChI=1S/C22H26F6O2/c1-13-2-6-16(7-3-13)22(27,28)30-17-8-4-14(5-9-17)15-10-18(23)21(19(24)11-15)29-12-20(25)26/h10-14,16-17H,2-9H2,1H3. The Kier molecular flexibility index (Phi) is 7.37. The van der Waals surface area contributed by atoms with Crippen LogP contribution in [0.3, 0.4) is 0 Å². The van der Waals surface area contributed by atoms with Gasteiger partial charge in [0.1, 0.15) is 0 Å². The molecule has 3 rings (SSSR count). The molecule has 0 saturated heterocycles. The number of halogens is 6. The molecule has 0 aromatic heterocycles. The van der Waals surface area contributed by atoms with Crippen LogP contribution in [-0.2, 0) is 4.74 Å². The zero-order chi connectivity index (χ0) is 21.9. The summed E-state index contributed by atoms with van der Waals surface area (Å²) in [5, 5.41) is 0. The van der Waals surface area contributed by atoms with E-state index in [0.717, 1.165) is 25.0 Å². The molecule has 0 unspecified atom stereocenters. The minimum atomic E-state index is -3.16. The molecule has 0 aliphatic heterocycles. The first-order valence-electron chi connectivity index (χ1n) is 10.4. The number of hydrogen-bond donors (Lipinski definition) is 0. The maximum atomic E-state index is 14.5. The van der Waals surface area contributed by atoms with E-state index in [9.17, 15) is 26.3 Å². The van der Waals surface area contributed by atoms with Gasteiger partial charge >= 0.3 is 12.2 Å². The Hall–Kier alpha value is -1.70. The quantitative estimate of drug-likeness (QED) is 0.339. The van der Waals surface area contributed by atoms with E-state index in [-0.39, 0.29) is 12.2 Å². The van der Waals surface area contributed by atoms with Crippen LogP contribution in [0.2, 0.25) is 0 Å². The highest BCUT2D eigenvalue weighted by Crippen LogP contribution is 2.43. The van der Waals surface area contributed by atoms with Crippen molar-refractivity contribution in [2.45, 2.75) is 76.4 Å². The van der Waals surface area contributed by atoms with Crippen molar-refractivity contribution >= 4 is 0 Å². The minimum Gasteiger partial charge on any atom is -0.453 e. The molecular formula is C22H26F6O2. The van der Waals surface area contributed by atoms with Gasteiger partial charge in [-0.25, -0.2) is 8.78 Å². The number of alkyl halides is 2. The summed E-state index contributed by atoms with van der Waals surface area (Å²) < 4.78 is 90.9. The molecule has 0 bridgehead atoms. The summed E-state index contributed by atoms with van der Waals surface area (Å²) in [5.74, 6) is -3.58. The minimum absolute atomic E-state index is 0.0309. The van der Waals surface area contributed by atoms with Gasteiger partial charge in [-0.1, -0.05) is 19.8 Å². The lowest BCUT2D eigenvalue weighted by atomic mass is 9.81. The van der Waals surface area contributed by atoms with E-state index in [1.54, 1.807) is 0 Å². The largest absolute Gasteiger partial charge is 0.453 e. The van der Waals surface area contributed by atoms with Crippen molar-refractivity contribution in [2.75, 3.05) is 0 Å². The Bertz CT molecular complexity index is 723. The smallest absolute Gasteiger partial charge is 0.358 e. The molecule has 0 N–H and O–H groups in total. The van der Waals surface area contributed by atoms with Crippen LogP contribution in [0.4, 0.5) is 26.3 Å². The van der Waals surface area contributed by atoms with Crippen LogP contribution in [0.25, 0.3) is 0 Å². The third-order valence-electron chi connectivity index (χ3n) is 6.25. The van der Waals surface area contributed by atoms with Crippen LogP contribution < -0.4 is 4.74 Å². The van der Waals surface area contributed by atoms with E-state index in [1.165, 1.54) is 0 Å². The van der Waals surface area contributed by atoms with Crippen LogP contribution in [-0.4, -0.2) is 12.2 Å². The summed E-state index contributed by atoms with van der Waals surface area (Å²) in [6.45, 7) is 2.07. The number of hydrogen-bond acceptors (Lipinski definition) is 2. The van der Waals surface area contributed by atoms with E-state index in [2.05, 4.69) is 11.7 Å². The van der Waals surface area contributed by atoms with Gasteiger partial charge in [0.15, 0.2) is 23.6 Å². The first-order valence-corrected chi connectivity index (χ1v) is 10.4. The molecule has 2 saturated carbocycles. The normalized spacial score (nSPS) is 27.6. The second kappa shape index (κ2) is 9.62. The first kappa shape index (κ1) is 23.0. The van der Waals surface area contributed by atoms with Crippen molar-refractivity contribution in [1.82, 2.24) is 0 Å². The number of benzene rings is 1. The Labute approximate surface area is 172 Å². The van der Waals surface area contributed by atoms with Gasteiger partial charge in [0.25, 0.3) is 0 Å². The van der Waals surface area contributed by atoms with Gasteiger partial charge in [-0.3, -0.25) is 0 Å². The summed E-state index contributed by atoms with van der Waals surface area (Å²) in [7, 11) is 0. The fourth-order valence-electron chi connectivity index (χ4n) is 4.46. The summed E-state index contributed by atoms with van der Waals surface area (Å²) in [6.07, 6.45) is -1.91. The summed E-state index contributed by atoms with van der Waals surface area (Å²) >= 11 is 0. The molecule has 2 aliphatic rings. The van der Waals surface area contributed by atoms with Gasteiger partial charge in [0.2, 0.25) is 0 Å². The molecule has 0 atom stereocenters. The van der Waals surface area contributed by atoms with Gasteiger partial charge in [-0.2, -0.15) is 17.6 Å². The van der Waals surface area contributed by atoms with Gasteiger partial charge in [-0.05, 0) is 68.1 Å². The van der Waals surface area contributed by atoms with E-state index in [1.807, 2.05) is 0 Å². The summed E-state index contributed by atoms with van der Waals surface area (Å²) in [6, 6.07) is 2.10. The van der Waals surface area contributed by atoms with Crippen LogP contribution in [0.5, 0.6) is 5.75 Å². The van der Waals surface area contributed by atoms with E-state index in [4.69, 9.17) is 4.74 Å². The molecule has 0 heterocycles. The molecule has 0 radical (unpaired) electrons. The third kappa shape index (κ3) is 5.71. The van der Waals surface area contributed by atoms with Gasteiger partial charge < -0.3 is 9.47 Å². The number of rotatable bonds is 6. The molecule has 0 spiro atoms. The predicted molar refractivity (Wildman–Crippen MR) is 99.4 cm³/mol. The number of ether oxygens (including phenoxy) is 2. The highest BCUT2D eigenvalue weighted by molar-refractivity contribution is 5.34. The van der Waals surface area contributed by atoms with Crippen molar-refractivity contribution in [1.29, 1.82) is 0 Å². The predicted octanol–water partition coefficient (Wildman–Crippen LogP) is 7.54. The van der Waals surface area contributed by atoms with E-state index < -0.39 is 41.6 Å². The second-order valence-corrected chi connectivity index (χ2v) is 8.45. The molecular weight excluding hydrogens is 410 g/mol. The highest BCUT2D eigenvalue weighted by atomic mass is 19.3. The Morgan fingerprint density at radius 3 is 2.03 bits per heavy atom. The lowest BCUT2D eigenvalue weighted by Crippen LogP contribution is -2.38. The van der Waals surface area contributed by atoms with Crippen molar-refractivity contribution in [3.8, 4) is 5.75 Å². The average Bonchev–Trinajstić information content (AvgIpc) is 2.67. The third-order valence-corrected chi connectivity index (χ3v) is 6.25. The highest BCUT2D eigenvalue weighted by Gasteiger charge is 2.44. The van der Waals surface area contributed by atoms with Crippen LogP contribution in [0.1, 0.15) is 69.8 Å². The second-order valence-electron chi connectivity index (χ2n) is 8.45. The molecule has 1 aromatic rings.